The summed E-state index contributed by atoms with van der Waals surface area (Å²) in [5.41, 5.74) is 2.24. The largest absolute Gasteiger partial charge is 0.497 e. The molecular formula is C23H30N2O5S. The van der Waals surface area contributed by atoms with Gasteiger partial charge in [-0.2, -0.15) is 0 Å². The maximum Gasteiger partial charge on any atom is 0.265 e. The molecule has 0 aromatic heterocycles. The molecule has 2 aromatic rings. The molecule has 1 aliphatic rings. The summed E-state index contributed by atoms with van der Waals surface area (Å²) in [6.07, 6.45) is 0.222. The van der Waals surface area contributed by atoms with Crippen LogP contribution in [0.4, 0.5) is 5.69 Å². The van der Waals surface area contributed by atoms with Gasteiger partial charge in [0.05, 0.1) is 25.6 Å². The van der Waals surface area contributed by atoms with Crippen molar-refractivity contribution in [2.24, 2.45) is 0 Å². The molecule has 2 aromatic carbocycles. The average Bonchev–Trinajstić information content (AvgIpc) is 2.71. The highest BCUT2D eigenvalue weighted by Gasteiger charge is 2.37. The second-order valence-electron chi connectivity index (χ2n) is 8.88. The summed E-state index contributed by atoms with van der Waals surface area (Å²) in [6, 6.07) is 12.9. The van der Waals surface area contributed by atoms with E-state index in [0.717, 1.165) is 23.1 Å². The number of amides is 1. The monoisotopic (exact) mass is 446 g/mol. The standard InChI is InChI=1S/C23H30N2O5S/c1-23(2,3)17-9-12-20-19(13-17)25(31(6,27)28)15-21(30-20)22(26)24(4)14-16-7-10-18(29-5)11-8-16/h7-13,21H,14-15H2,1-6H3. The van der Waals surface area contributed by atoms with Crippen molar-refractivity contribution < 1.29 is 22.7 Å². The molecule has 168 valence electrons. The van der Waals surface area contributed by atoms with Crippen LogP contribution >= 0.6 is 0 Å². The molecule has 1 amide bonds. The normalized spacial score (nSPS) is 16.3. The molecule has 1 aliphatic heterocycles. The van der Waals surface area contributed by atoms with E-state index < -0.39 is 16.1 Å². The molecule has 0 aliphatic carbocycles. The van der Waals surface area contributed by atoms with E-state index in [2.05, 4.69) is 20.8 Å². The van der Waals surface area contributed by atoms with Gasteiger partial charge in [0.25, 0.3) is 5.91 Å². The number of fused-ring (bicyclic) bond motifs is 1. The van der Waals surface area contributed by atoms with E-state index in [1.807, 2.05) is 36.4 Å². The number of methoxy groups -OCH3 is 1. The lowest BCUT2D eigenvalue weighted by atomic mass is 9.86. The third-order valence-electron chi connectivity index (χ3n) is 5.33. The highest BCUT2D eigenvalue weighted by atomic mass is 32.2. The molecule has 1 unspecified atom stereocenters. The minimum absolute atomic E-state index is 0.0643. The fraction of sp³-hybridized carbons (Fsp3) is 0.435. The maximum absolute atomic E-state index is 13.1. The summed E-state index contributed by atoms with van der Waals surface area (Å²) in [7, 11) is -0.314. The van der Waals surface area contributed by atoms with Gasteiger partial charge in [0.1, 0.15) is 11.5 Å². The van der Waals surface area contributed by atoms with Crippen molar-refractivity contribution in [1.82, 2.24) is 4.90 Å². The molecular weight excluding hydrogens is 416 g/mol. The number of ether oxygens (including phenoxy) is 2. The Morgan fingerprint density at radius 3 is 2.39 bits per heavy atom. The van der Waals surface area contributed by atoms with Gasteiger partial charge in [0.2, 0.25) is 10.0 Å². The lowest BCUT2D eigenvalue weighted by molar-refractivity contribution is -0.137. The highest BCUT2D eigenvalue weighted by molar-refractivity contribution is 7.92. The third-order valence-corrected chi connectivity index (χ3v) is 6.47. The van der Waals surface area contributed by atoms with E-state index in [9.17, 15) is 13.2 Å². The van der Waals surface area contributed by atoms with Crippen LogP contribution < -0.4 is 13.8 Å². The van der Waals surface area contributed by atoms with Crippen LogP contribution in [0.5, 0.6) is 11.5 Å². The molecule has 8 heteroatoms. The van der Waals surface area contributed by atoms with Gasteiger partial charge in [-0.25, -0.2) is 8.42 Å². The summed E-state index contributed by atoms with van der Waals surface area (Å²) in [5.74, 6) is 0.847. The van der Waals surface area contributed by atoms with Crippen LogP contribution in [-0.4, -0.2) is 52.3 Å². The number of anilines is 1. The first-order valence-electron chi connectivity index (χ1n) is 10.1. The van der Waals surface area contributed by atoms with Crippen LogP contribution in [0, 0.1) is 0 Å². The number of likely N-dealkylation sites (N-methyl/N-ethyl adjacent to an activating group) is 1. The average molecular weight is 447 g/mol. The lowest BCUT2D eigenvalue weighted by Gasteiger charge is -2.36. The molecule has 0 N–H and O–H groups in total. The van der Waals surface area contributed by atoms with Crippen LogP contribution in [0.25, 0.3) is 0 Å². The van der Waals surface area contributed by atoms with E-state index in [0.29, 0.717) is 18.0 Å². The summed E-state index contributed by atoms with van der Waals surface area (Å²) >= 11 is 0. The van der Waals surface area contributed by atoms with E-state index in [-0.39, 0.29) is 17.9 Å². The minimum atomic E-state index is -3.59. The zero-order valence-electron chi connectivity index (χ0n) is 18.9. The predicted molar refractivity (Wildman–Crippen MR) is 121 cm³/mol. The topological polar surface area (TPSA) is 76.2 Å². The second kappa shape index (κ2) is 8.42. The second-order valence-corrected chi connectivity index (χ2v) is 10.8. The first-order valence-corrected chi connectivity index (χ1v) is 11.9. The summed E-state index contributed by atoms with van der Waals surface area (Å²) in [5, 5.41) is 0. The van der Waals surface area contributed by atoms with Gasteiger partial charge in [-0.3, -0.25) is 9.10 Å². The molecule has 0 radical (unpaired) electrons. The number of carbonyl (C=O) groups is 1. The number of hydrogen-bond acceptors (Lipinski definition) is 5. The number of sulfonamides is 1. The molecule has 3 rings (SSSR count). The smallest absolute Gasteiger partial charge is 0.265 e. The molecule has 1 atom stereocenters. The van der Waals surface area contributed by atoms with Crippen LogP contribution in [0.15, 0.2) is 42.5 Å². The van der Waals surface area contributed by atoms with Gasteiger partial charge >= 0.3 is 0 Å². The van der Waals surface area contributed by atoms with Gasteiger partial charge in [-0.1, -0.05) is 39.0 Å². The third kappa shape index (κ3) is 5.12. The lowest BCUT2D eigenvalue weighted by Crippen LogP contribution is -2.50. The molecule has 0 saturated carbocycles. The summed E-state index contributed by atoms with van der Waals surface area (Å²) in [6.45, 7) is 6.49. The molecule has 0 bridgehead atoms. The van der Waals surface area contributed by atoms with Gasteiger partial charge in [-0.05, 0) is 40.8 Å². The molecule has 7 nitrogen and oxygen atoms in total. The number of hydrogen-bond donors (Lipinski definition) is 0. The maximum atomic E-state index is 13.1. The Hall–Kier alpha value is -2.74. The number of rotatable bonds is 5. The van der Waals surface area contributed by atoms with Crippen LogP contribution in [-0.2, 0) is 26.8 Å². The Morgan fingerprint density at radius 1 is 1.19 bits per heavy atom. The predicted octanol–water partition coefficient (Wildman–Crippen LogP) is 3.18. The van der Waals surface area contributed by atoms with Gasteiger partial charge in [0.15, 0.2) is 6.10 Å². The Morgan fingerprint density at radius 2 is 1.84 bits per heavy atom. The van der Waals surface area contributed by atoms with E-state index in [1.165, 1.54) is 4.31 Å². The number of benzene rings is 2. The van der Waals surface area contributed by atoms with Crippen molar-refractivity contribution >= 4 is 21.6 Å². The van der Waals surface area contributed by atoms with Crippen molar-refractivity contribution in [3.05, 3.63) is 53.6 Å². The van der Waals surface area contributed by atoms with E-state index in [1.54, 1.807) is 25.1 Å². The molecule has 1 heterocycles. The van der Waals surface area contributed by atoms with Crippen molar-refractivity contribution in [3.8, 4) is 11.5 Å². The molecule has 0 saturated heterocycles. The van der Waals surface area contributed by atoms with Crippen molar-refractivity contribution in [3.63, 3.8) is 0 Å². The van der Waals surface area contributed by atoms with Crippen molar-refractivity contribution in [1.29, 1.82) is 0 Å². The van der Waals surface area contributed by atoms with Gasteiger partial charge in [-0.15, -0.1) is 0 Å². The first kappa shape index (κ1) is 22.9. The van der Waals surface area contributed by atoms with Crippen LogP contribution in [0.3, 0.4) is 0 Å². The minimum Gasteiger partial charge on any atom is -0.497 e. The number of nitrogens with zero attached hydrogens (tertiary/aromatic N) is 2. The number of carbonyl (C=O) groups excluding carboxylic acids is 1. The summed E-state index contributed by atoms with van der Waals surface area (Å²) in [4.78, 5) is 14.6. The Labute approximate surface area is 184 Å². The van der Waals surface area contributed by atoms with Crippen LogP contribution in [0.1, 0.15) is 31.9 Å². The van der Waals surface area contributed by atoms with Crippen molar-refractivity contribution in [2.45, 2.75) is 38.8 Å². The fourth-order valence-electron chi connectivity index (χ4n) is 3.49. The van der Waals surface area contributed by atoms with Crippen molar-refractivity contribution in [2.75, 3.05) is 31.3 Å². The SMILES string of the molecule is COc1ccc(CN(C)C(=O)C2CN(S(C)(=O)=O)c3cc(C(C)(C)C)ccc3O2)cc1. The zero-order valence-corrected chi connectivity index (χ0v) is 19.7. The molecule has 0 fully saturated rings. The Bertz CT molecular complexity index is 1060. The van der Waals surface area contributed by atoms with E-state index in [4.69, 9.17) is 9.47 Å². The zero-order chi connectivity index (χ0) is 23.0. The van der Waals surface area contributed by atoms with Gasteiger partial charge < -0.3 is 14.4 Å². The first-order chi connectivity index (χ1) is 14.4. The molecule has 0 spiro atoms. The molecule has 31 heavy (non-hydrogen) atoms. The summed E-state index contributed by atoms with van der Waals surface area (Å²) < 4.78 is 37.5. The highest BCUT2D eigenvalue weighted by Crippen LogP contribution is 2.38. The quantitative estimate of drug-likeness (QED) is 0.705. The Balaban J connectivity index is 1.85. The van der Waals surface area contributed by atoms with Gasteiger partial charge in [0, 0.05) is 13.6 Å². The van der Waals surface area contributed by atoms with E-state index >= 15 is 0 Å². The Kier molecular flexibility index (Phi) is 6.23. The fourth-order valence-corrected chi connectivity index (χ4v) is 4.40. The van der Waals surface area contributed by atoms with Crippen LogP contribution in [0.2, 0.25) is 0 Å².